The van der Waals surface area contributed by atoms with E-state index in [4.69, 9.17) is 4.42 Å². The standard InChI is InChI=1S/C20H22N2O5/c1-26-20(25)15-8-6-14(7-9-15)12-21-18(23)16-4-2-10-22(13-16)19(24)17-5-3-11-27-17/h3,5-9,11,16H,2,4,10,12-13H2,1H3,(H,21,23). The van der Waals surface area contributed by atoms with Crippen LogP contribution in [0.15, 0.2) is 47.1 Å². The van der Waals surface area contributed by atoms with Gasteiger partial charge in [-0.2, -0.15) is 0 Å². The molecule has 2 amide bonds. The number of hydrogen-bond acceptors (Lipinski definition) is 5. The molecule has 1 unspecified atom stereocenters. The molecule has 0 spiro atoms. The van der Waals surface area contributed by atoms with E-state index < -0.39 is 5.97 Å². The molecule has 1 aliphatic rings. The van der Waals surface area contributed by atoms with Gasteiger partial charge in [0.2, 0.25) is 5.91 Å². The number of hydrogen-bond donors (Lipinski definition) is 1. The van der Waals surface area contributed by atoms with Gasteiger partial charge in [0.1, 0.15) is 0 Å². The Kier molecular flexibility index (Phi) is 5.90. The van der Waals surface area contributed by atoms with Gasteiger partial charge < -0.3 is 19.4 Å². The lowest BCUT2D eigenvalue weighted by molar-refractivity contribution is -0.126. The van der Waals surface area contributed by atoms with E-state index in [0.29, 0.717) is 31.0 Å². The van der Waals surface area contributed by atoms with Gasteiger partial charge in [-0.05, 0) is 42.7 Å². The number of likely N-dealkylation sites (tertiary alicyclic amines) is 1. The average molecular weight is 370 g/mol. The fourth-order valence-corrected chi connectivity index (χ4v) is 3.14. The fourth-order valence-electron chi connectivity index (χ4n) is 3.14. The van der Waals surface area contributed by atoms with Crippen LogP contribution in [0.5, 0.6) is 0 Å². The molecule has 1 atom stereocenters. The SMILES string of the molecule is COC(=O)c1ccc(CNC(=O)C2CCCN(C(=O)c3ccco3)C2)cc1. The minimum Gasteiger partial charge on any atom is -0.465 e. The zero-order chi connectivity index (χ0) is 19.2. The molecule has 3 rings (SSSR count). The third kappa shape index (κ3) is 4.55. The summed E-state index contributed by atoms with van der Waals surface area (Å²) < 4.78 is 9.82. The molecule has 7 nitrogen and oxygen atoms in total. The van der Waals surface area contributed by atoms with Crippen LogP contribution in [0.25, 0.3) is 0 Å². The van der Waals surface area contributed by atoms with E-state index in [-0.39, 0.29) is 17.7 Å². The smallest absolute Gasteiger partial charge is 0.337 e. The molecule has 0 radical (unpaired) electrons. The van der Waals surface area contributed by atoms with Gasteiger partial charge >= 0.3 is 5.97 Å². The highest BCUT2D eigenvalue weighted by molar-refractivity contribution is 5.92. The molecule has 7 heteroatoms. The van der Waals surface area contributed by atoms with E-state index >= 15 is 0 Å². The Morgan fingerprint density at radius 2 is 2.00 bits per heavy atom. The molecule has 1 aliphatic heterocycles. The summed E-state index contributed by atoms with van der Waals surface area (Å²) in [5.41, 5.74) is 1.35. The predicted octanol–water partition coefficient (Wildman–Crippen LogP) is 2.23. The molecule has 1 saturated heterocycles. The van der Waals surface area contributed by atoms with Gasteiger partial charge in [-0.1, -0.05) is 12.1 Å². The van der Waals surface area contributed by atoms with Crippen LogP contribution in [0.1, 0.15) is 39.3 Å². The first kappa shape index (κ1) is 18.7. The van der Waals surface area contributed by atoms with Crippen LogP contribution in [0.2, 0.25) is 0 Å². The van der Waals surface area contributed by atoms with Crippen LogP contribution in [-0.2, 0) is 16.1 Å². The van der Waals surface area contributed by atoms with E-state index in [1.165, 1.54) is 13.4 Å². The van der Waals surface area contributed by atoms with E-state index in [1.54, 1.807) is 41.3 Å². The highest BCUT2D eigenvalue weighted by Crippen LogP contribution is 2.19. The van der Waals surface area contributed by atoms with Crippen molar-refractivity contribution < 1.29 is 23.5 Å². The van der Waals surface area contributed by atoms with E-state index in [1.807, 2.05) is 0 Å². The number of benzene rings is 1. The van der Waals surface area contributed by atoms with Crippen LogP contribution in [-0.4, -0.2) is 42.9 Å². The summed E-state index contributed by atoms with van der Waals surface area (Å²) in [6, 6.07) is 10.2. The Morgan fingerprint density at radius 1 is 1.22 bits per heavy atom. The van der Waals surface area contributed by atoms with Crippen molar-refractivity contribution in [2.45, 2.75) is 19.4 Å². The third-order valence-corrected chi connectivity index (χ3v) is 4.65. The number of nitrogens with zero attached hydrogens (tertiary/aromatic N) is 1. The lowest BCUT2D eigenvalue weighted by atomic mass is 9.96. The van der Waals surface area contributed by atoms with E-state index in [2.05, 4.69) is 10.1 Å². The minimum atomic E-state index is -0.394. The molecule has 1 aromatic heterocycles. The maximum Gasteiger partial charge on any atom is 0.337 e. The van der Waals surface area contributed by atoms with Gasteiger partial charge in [-0.3, -0.25) is 9.59 Å². The molecular weight excluding hydrogens is 348 g/mol. The van der Waals surface area contributed by atoms with Crippen molar-refractivity contribution in [3.63, 3.8) is 0 Å². The lowest BCUT2D eigenvalue weighted by Gasteiger charge is -2.31. The quantitative estimate of drug-likeness (QED) is 0.816. The Bertz CT molecular complexity index is 798. The molecule has 2 heterocycles. The van der Waals surface area contributed by atoms with Gasteiger partial charge in [0.05, 0.1) is 24.9 Å². The molecule has 1 fully saturated rings. The fraction of sp³-hybridized carbons (Fsp3) is 0.350. The van der Waals surface area contributed by atoms with Crippen molar-refractivity contribution >= 4 is 17.8 Å². The van der Waals surface area contributed by atoms with E-state index in [0.717, 1.165) is 18.4 Å². The third-order valence-electron chi connectivity index (χ3n) is 4.65. The number of amides is 2. The number of piperidine rings is 1. The molecule has 0 bridgehead atoms. The average Bonchev–Trinajstić information content (AvgIpc) is 3.26. The number of carbonyl (C=O) groups is 3. The molecule has 1 aromatic carbocycles. The first-order valence-electron chi connectivity index (χ1n) is 8.86. The number of nitrogens with one attached hydrogen (secondary N) is 1. The largest absolute Gasteiger partial charge is 0.465 e. The number of carbonyl (C=O) groups excluding carboxylic acids is 3. The topological polar surface area (TPSA) is 88.9 Å². The Labute approximate surface area is 157 Å². The molecule has 1 N–H and O–H groups in total. The van der Waals surface area contributed by atoms with Crippen molar-refractivity contribution in [2.24, 2.45) is 5.92 Å². The van der Waals surface area contributed by atoms with Crippen LogP contribution in [0, 0.1) is 5.92 Å². The van der Waals surface area contributed by atoms with Crippen molar-refractivity contribution in [1.82, 2.24) is 10.2 Å². The van der Waals surface area contributed by atoms with Crippen molar-refractivity contribution in [1.29, 1.82) is 0 Å². The summed E-state index contributed by atoms with van der Waals surface area (Å²) in [5.74, 6) is -0.609. The monoisotopic (exact) mass is 370 g/mol. The second kappa shape index (κ2) is 8.53. The summed E-state index contributed by atoms with van der Waals surface area (Å²) in [7, 11) is 1.33. The van der Waals surface area contributed by atoms with Gasteiger partial charge in [0.25, 0.3) is 5.91 Å². The van der Waals surface area contributed by atoms with Crippen molar-refractivity contribution in [2.75, 3.05) is 20.2 Å². The predicted molar refractivity (Wildman–Crippen MR) is 97.0 cm³/mol. The van der Waals surface area contributed by atoms with Crippen LogP contribution in [0.3, 0.4) is 0 Å². The highest BCUT2D eigenvalue weighted by atomic mass is 16.5. The summed E-state index contributed by atoms with van der Waals surface area (Å²) in [4.78, 5) is 38.0. The summed E-state index contributed by atoms with van der Waals surface area (Å²) >= 11 is 0. The first-order chi connectivity index (χ1) is 13.1. The van der Waals surface area contributed by atoms with E-state index in [9.17, 15) is 14.4 Å². The molecule has 142 valence electrons. The Balaban J connectivity index is 1.53. The molecule has 0 saturated carbocycles. The number of ether oxygens (including phenoxy) is 1. The van der Waals surface area contributed by atoms with Crippen LogP contribution < -0.4 is 5.32 Å². The lowest BCUT2D eigenvalue weighted by Crippen LogP contribution is -2.45. The van der Waals surface area contributed by atoms with Gasteiger partial charge in [-0.25, -0.2) is 4.79 Å². The first-order valence-corrected chi connectivity index (χ1v) is 8.86. The van der Waals surface area contributed by atoms with Gasteiger partial charge in [0, 0.05) is 19.6 Å². The van der Waals surface area contributed by atoms with Crippen LogP contribution in [0.4, 0.5) is 0 Å². The summed E-state index contributed by atoms with van der Waals surface area (Å²) in [6.07, 6.45) is 2.99. The summed E-state index contributed by atoms with van der Waals surface area (Å²) in [5, 5.41) is 2.91. The number of esters is 1. The number of rotatable bonds is 5. The Hall–Kier alpha value is -3.09. The molecule has 0 aliphatic carbocycles. The second-order valence-corrected chi connectivity index (χ2v) is 6.47. The zero-order valence-electron chi connectivity index (χ0n) is 15.1. The van der Waals surface area contributed by atoms with Crippen LogP contribution >= 0.6 is 0 Å². The summed E-state index contributed by atoms with van der Waals surface area (Å²) in [6.45, 7) is 1.37. The maximum absolute atomic E-state index is 12.5. The second-order valence-electron chi connectivity index (χ2n) is 6.47. The molecular formula is C20H22N2O5. The minimum absolute atomic E-state index is 0.0796. The molecule has 2 aromatic rings. The van der Waals surface area contributed by atoms with Gasteiger partial charge in [-0.15, -0.1) is 0 Å². The Morgan fingerprint density at radius 3 is 2.67 bits per heavy atom. The number of methoxy groups -OCH3 is 1. The van der Waals surface area contributed by atoms with Crippen molar-refractivity contribution in [3.05, 3.63) is 59.5 Å². The van der Waals surface area contributed by atoms with Gasteiger partial charge in [0.15, 0.2) is 5.76 Å². The number of furan rings is 1. The maximum atomic E-state index is 12.5. The van der Waals surface area contributed by atoms with Crippen molar-refractivity contribution in [3.8, 4) is 0 Å². The zero-order valence-corrected chi connectivity index (χ0v) is 15.1. The molecule has 27 heavy (non-hydrogen) atoms. The normalized spacial score (nSPS) is 16.6. The highest BCUT2D eigenvalue weighted by Gasteiger charge is 2.29.